The molecule has 2 amide bonds. The molecular weight excluding hydrogens is 410 g/mol. The van der Waals surface area contributed by atoms with Gasteiger partial charge in [0.25, 0.3) is 0 Å². The Morgan fingerprint density at radius 3 is 2.11 bits per heavy atom. The molecule has 5 nitrogen and oxygen atoms in total. The number of hydrogen-bond acceptors (Lipinski definition) is 4. The van der Waals surface area contributed by atoms with E-state index in [0.717, 1.165) is 27.2 Å². The van der Waals surface area contributed by atoms with Gasteiger partial charge >= 0.3 is 0 Å². The highest BCUT2D eigenvalue weighted by molar-refractivity contribution is 9.09. The van der Waals surface area contributed by atoms with Gasteiger partial charge in [-0.2, -0.15) is 0 Å². The lowest BCUT2D eigenvalue weighted by Crippen LogP contribution is -2.50. The van der Waals surface area contributed by atoms with E-state index in [1.807, 2.05) is 48.5 Å². The lowest BCUT2D eigenvalue weighted by molar-refractivity contribution is -0.305. The van der Waals surface area contributed by atoms with E-state index in [0.29, 0.717) is 0 Å². The number of imide groups is 1. The molecule has 27 heavy (non-hydrogen) atoms. The summed E-state index contributed by atoms with van der Waals surface area (Å²) in [4.78, 5) is 38.4. The molecule has 4 aliphatic rings. The predicted molar refractivity (Wildman–Crippen MR) is 97.8 cm³/mol. The smallest absolute Gasteiger partial charge is 0.235 e. The van der Waals surface area contributed by atoms with Gasteiger partial charge in [0.05, 0.1) is 16.2 Å². The summed E-state index contributed by atoms with van der Waals surface area (Å²) < 4.78 is -0.789. The molecule has 0 unspecified atom stereocenters. The average molecular weight is 425 g/mol. The van der Waals surface area contributed by atoms with Crippen LogP contribution in [0.4, 0.5) is 0 Å². The number of hydrogen-bond donors (Lipinski definition) is 0. The zero-order chi connectivity index (χ0) is 18.9. The summed E-state index contributed by atoms with van der Waals surface area (Å²) >= 11 is 3.88. The summed E-state index contributed by atoms with van der Waals surface area (Å²) in [6, 6.07) is 15.8. The molecule has 1 aliphatic heterocycles. The maximum Gasteiger partial charge on any atom is 0.235 e. The maximum atomic E-state index is 13.2. The summed E-state index contributed by atoms with van der Waals surface area (Å²) in [5.41, 5.74) is 4.13. The molecule has 3 aliphatic carbocycles. The number of nitrogens with zero attached hydrogens (tertiary/aromatic N) is 1. The van der Waals surface area contributed by atoms with E-state index in [9.17, 15) is 19.5 Å². The number of amides is 2. The first-order valence-electron chi connectivity index (χ1n) is 8.89. The minimum Gasteiger partial charge on any atom is -0.550 e. The van der Waals surface area contributed by atoms with Crippen LogP contribution in [0, 0.1) is 11.8 Å². The molecule has 136 valence electrons. The zero-order valence-corrected chi connectivity index (χ0v) is 15.8. The van der Waals surface area contributed by atoms with E-state index in [1.54, 1.807) is 0 Å². The van der Waals surface area contributed by atoms with E-state index in [4.69, 9.17) is 0 Å². The Hall–Kier alpha value is -2.47. The Morgan fingerprint density at radius 2 is 1.56 bits per heavy atom. The molecule has 1 heterocycles. The molecule has 6 rings (SSSR count). The third kappa shape index (κ3) is 1.96. The average Bonchev–Trinajstić information content (AvgIpc) is 2.92. The minimum absolute atomic E-state index is 0.143. The van der Waals surface area contributed by atoms with Crippen LogP contribution in [0.2, 0.25) is 0 Å². The minimum atomic E-state index is -1.27. The Kier molecular flexibility index (Phi) is 3.41. The Balaban J connectivity index is 1.73. The SMILES string of the molecule is O=C([O-])CCN1C(=O)[C@@H]2C3c4ccccc4C(Br)(c4ccccc43)[C@@H]2C1=O. The number of aliphatic carboxylic acids is 1. The first-order valence-corrected chi connectivity index (χ1v) is 9.68. The van der Waals surface area contributed by atoms with Gasteiger partial charge in [-0.25, -0.2) is 0 Å². The van der Waals surface area contributed by atoms with Crippen molar-refractivity contribution in [1.29, 1.82) is 0 Å². The topological polar surface area (TPSA) is 77.5 Å². The first-order chi connectivity index (χ1) is 13.0. The van der Waals surface area contributed by atoms with Gasteiger partial charge in [0.2, 0.25) is 11.8 Å². The van der Waals surface area contributed by atoms with Crippen LogP contribution in [0.5, 0.6) is 0 Å². The number of carboxylic acids is 1. The van der Waals surface area contributed by atoms with Crippen molar-refractivity contribution in [3.8, 4) is 0 Å². The maximum absolute atomic E-state index is 13.2. The number of carbonyl (C=O) groups excluding carboxylic acids is 3. The molecule has 1 fully saturated rings. The number of halogens is 1. The fourth-order valence-corrected chi connectivity index (χ4v) is 6.37. The van der Waals surface area contributed by atoms with Crippen molar-refractivity contribution in [2.24, 2.45) is 11.8 Å². The molecule has 0 saturated carbocycles. The van der Waals surface area contributed by atoms with Gasteiger partial charge in [0.15, 0.2) is 0 Å². The summed E-state index contributed by atoms with van der Waals surface area (Å²) in [5, 5.41) is 10.9. The highest BCUT2D eigenvalue weighted by Gasteiger charge is 2.67. The van der Waals surface area contributed by atoms with Crippen LogP contribution in [0.25, 0.3) is 0 Å². The Labute approximate surface area is 164 Å². The van der Waals surface area contributed by atoms with Crippen molar-refractivity contribution in [3.05, 3.63) is 70.8 Å². The van der Waals surface area contributed by atoms with Gasteiger partial charge in [-0.15, -0.1) is 0 Å². The lowest BCUT2D eigenvalue weighted by Gasteiger charge is -2.51. The van der Waals surface area contributed by atoms with Gasteiger partial charge < -0.3 is 9.90 Å². The molecular formula is C21H15BrNO4-. The quantitative estimate of drug-likeness (QED) is 0.552. The molecule has 0 N–H and O–H groups in total. The predicted octanol–water partition coefficient (Wildman–Crippen LogP) is 1.53. The van der Waals surface area contributed by atoms with Crippen LogP contribution < -0.4 is 5.11 Å². The molecule has 2 atom stereocenters. The van der Waals surface area contributed by atoms with Crippen LogP contribution >= 0.6 is 15.9 Å². The zero-order valence-electron chi connectivity index (χ0n) is 14.2. The molecule has 0 aromatic heterocycles. The number of alkyl halides is 1. The van der Waals surface area contributed by atoms with Crippen molar-refractivity contribution in [2.75, 3.05) is 6.54 Å². The van der Waals surface area contributed by atoms with Crippen LogP contribution in [-0.2, 0) is 18.7 Å². The van der Waals surface area contributed by atoms with E-state index in [1.165, 1.54) is 0 Å². The van der Waals surface area contributed by atoms with E-state index in [2.05, 4.69) is 15.9 Å². The fourth-order valence-electron chi connectivity index (χ4n) is 5.16. The van der Waals surface area contributed by atoms with Crippen LogP contribution in [0.15, 0.2) is 48.5 Å². The van der Waals surface area contributed by atoms with E-state index < -0.39 is 22.1 Å². The summed E-state index contributed by atoms with van der Waals surface area (Å²) in [5.74, 6) is -3.18. The fraction of sp³-hybridized carbons (Fsp3) is 0.286. The van der Waals surface area contributed by atoms with Gasteiger partial charge in [0.1, 0.15) is 0 Å². The Morgan fingerprint density at radius 1 is 1.00 bits per heavy atom. The van der Waals surface area contributed by atoms with Crippen LogP contribution in [-0.4, -0.2) is 29.2 Å². The molecule has 6 heteroatoms. The Bertz CT molecular complexity index is 969. The molecule has 0 spiro atoms. The third-order valence-electron chi connectivity index (χ3n) is 6.15. The monoisotopic (exact) mass is 424 g/mol. The van der Waals surface area contributed by atoms with Gasteiger partial charge in [-0.1, -0.05) is 64.5 Å². The van der Waals surface area contributed by atoms with Gasteiger partial charge in [-0.05, 0) is 22.3 Å². The third-order valence-corrected chi connectivity index (χ3v) is 7.49. The van der Waals surface area contributed by atoms with Crippen molar-refractivity contribution in [3.63, 3.8) is 0 Å². The van der Waals surface area contributed by atoms with Crippen molar-refractivity contribution >= 4 is 33.7 Å². The molecule has 2 bridgehead atoms. The second kappa shape index (κ2) is 5.52. The van der Waals surface area contributed by atoms with Crippen LogP contribution in [0.3, 0.4) is 0 Å². The van der Waals surface area contributed by atoms with Crippen molar-refractivity contribution < 1.29 is 19.5 Å². The summed E-state index contributed by atoms with van der Waals surface area (Å²) in [6.07, 6.45) is -0.350. The van der Waals surface area contributed by atoms with Crippen molar-refractivity contribution in [2.45, 2.75) is 16.7 Å². The standard InChI is InChI=1S/C21H16BrNO4/c22-21-13-7-3-1-5-11(13)16(12-6-2-4-8-14(12)21)17-18(21)20(27)23(19(17)26)10-9-15(24)25/h1-8,16-18H,9-10H2,(H,24,25)/p-1/t16?,17-,18+,21?/m1/s1. The molecule has 2 aromatic rings. The van der Waals surface area contributed by atoms with E-state index in [-0.39, 0.29) is 30.7 Å². The molecule has 1 saturated heterocycles. The summed E-state index contributed by atoms with van der Waals surface area (Å²) in [6.45, 7) is -0.143. The first kappa shape index (κ1) is 16.7. The number of likely N-dealkylation sites (tertiary alicyclic amines) is 1. The number of benzene rings is 2. The number of carboxylic acid groups (broad SMARTS) is 1. The lowest BCUT2D eigenvalue weighted by atomic mass is 9.55. The van der Waals surface area contributed by atoms with Gasteiger partial charge in [0, 0.05) is 24.9 Å². The second-order valence-corrected chi connectivity index (χ2v) is 8.57. The van der Waals surface area contributed by atoms with E-state index >= 15 is 0 Å². The molecule has 2 aromatic carbocycles. The normalized spacial score (nSPS) is 30.1. The largest absolute Gasteiger partial charge is 0.550 e. The van der Waals surface area contributed by atoms with Gasteiger partial charge in [-0.3, -0.25) is 14.5 Å². The molecule has 0 radical (unpaired) electrons. The van der Waals surface area contributed by atoms with Crippen LogP contribution in [0.1, 0.15) is 34.6 Å². The van der Waals surface area contributed by atoms with Crippen molar-refractivity contribution in [1.82, 2.24) is 4.90 Å². The number of carbonyl (C=O) groups is 3. The summed E-state index contributed by atoms with van der Waals surface area (Å²) in [7, 11) is 0. The second-order valence-electron chi connectivity index (χ2n) is 7.32. The number of rotatable bonds is 3. The highest BCUT2D eigenvalue weighted by atomic mass is 79.9. The highest BCUT2D eigenvalue weighted by Crippen LogP contribution is 2.66.